The molecule has 0 unspecified atom stereocenters. The number of rotatable bonds is 4. The molecular formula is C15H18Cl2N2O3. The van der Waals surface area contributed by atoms with E-state index in [1.165, 1.54) is 0 Å². The zero-order valence-electron chi connectivity index (χ0n) is 12.5. The second-order valence-corrected chi connectivity index (χ2v) is 5.88. The van der Waals surface area contributed by atoms with Crippen LogP contribution in [0.2, 0.25) is 10.0 Å². The second-order valence-electron chi connectivity index (χ2n) is 5.04. The van der Waals surface area contributed by atoms with Crippen molar-refractivity contribution in [2.75, 3.05) is 31.1 Å². The van der Waals surface area contributed by atoms with Gasteiger partial charge in [-0.25, -0.2) is 0 Å². The lowest BCUT2D eigenvalue weighted by atomic mass is 10.1. The molecule has 1 aliphatic rings. The van der Waals surface area contributed by atoms with Crippen LogP contribution in [-0.4, -0.2) is 49.1 Å². The van der Waals surface area contributed by atoms with E-state index in [0.29, 0.717) is 35.4 Å². The number of piperazine rings is 1. The van der Waals surface area contributed by atoms with Gasteiger partial charge in [0, 0.05) is 18.1 Å². The highest BCUT2D eigenvalue weighted by atomic mass is 35.5. The van der Waals surface area contributed by atoms with Crippen LogP contribution in [0.3, 0.4) is 0 Å². The van der Waals surface area contributed by atoms with E-state index in [1.807, 2.05) is 0 Å². The zero-order valence-corrected chi connectivity index (χ0v) is 14.0. The van der Waals surface area contributed by atoms with Crippen LogP contribution in [0, 0.1) is 0 Å². The molecule has 1 aliphatic heterocycles. The molecule has 1 saturated heterocycles. The van der Waals surface area contributed by atoms with Crippen molar-refractivity contribution in [1.82, 2.24) is 4.90 Å². The van der Waals surface area contributed by atoms with Gasteiger partial charge in [-0.1, -0.05) is 23.2 Å². The summed E-state index contributed by atoms with van der Waals surface area (Å²) in [5.41, 5.74) is 0.638. The number of anilines is 1. The highest BCUT2D eigenvalue weighted by molar-refractivity contribution is 6.36. The SMILES string of the molecule is CCOC(=O)CN1CCN(c2ccc(Cl)cc2Cl)C(=O)[C@H]1C. The van der Waals surface area contributed by atoms with Crippen molar-refractivity contribution in [2.45, 2.75) is 19.9 Å². The summed E-state index contributed by atoms with van der Waals surface area (Å²) in [6.07, 6.45) is 0. The molecule has 0 N–H and O–H groups in total. The third kappa shape index (κ3) is 3.72. The summed E-state index contributed by atoms with van der Waals surface area (Å²) in [5, 5.41) is 0.960. The first-order chi connectivity index (χ1) is 10.4. The van der Waals surface area contributed by atoms with Gasteiger partial charge in [0.15, 0.2) is 0 Å². The number of amides is 1. The van der Waals surface area contributed by atoms with E-state index in [4.69, 9.17) is 27.9 Å². The average Bonchev–Trinajstić information content (AvgIpc) is 2.45. The number of nitrogens with zero attached hydrogens (tertiary/aromatic N) is 2. The van der Waals surface area contributed by atoms with Crippen LogP contribution in [0.4, 0.5) is 5.69 Å². The fraction of sp³-hybridized carbons (Fsp3) is 0.467. The predicted octanol–water partition coefficient (Wildman–Crippen LogP) is 2.59. The van der Waals surface area contributed by atoms with Crippen molar-refractivity contribution in [3.63, 3.8) is 0 Å². The smallest absolute Gasteiger partial charge is 0.320 e. The molecule has 0 radical (unpaired) electrons. The largest absolute Gasteiger partial charge is 0.465 e. The van der Waals surface area contributed by atoms with Gasteiger partial charge in [0.05, 0.1) is 29.9 Å². The topological polar surface area (TPSA) is 49.9 Å². The number of esters is 1. The Bertz CT molecular complexity index is 580. The molecule has 0 aliphatic carbocycles. The van der Waals surface area contributed by atoms with Crippen LogP contribution in [0.1, 0.15) is 13.8 Å². The van der Waals surface area contributed by atoms with E-state index in [9.17, 15) is 9.59 Å². The highest BCUT2D eigenvalue weighted by Gasteiger charge is 2.34. The van der Waals surface area contributed by atoms with Crippen molar-refractivity contribution in [2.24, 2.45) is 0 Å². The van der Waals surface area contributed by atoms with E-state index < -0.39 is 6.04 Å². The van der Waals surface area contributed by atoms with Crippen LogP contribution < -0.4 is 4.90 Å². The number of carbonyl (C=O) groups is 2. The molecule has 0 saturated carbocycles. The van der Waals surface area contributed by atoms with Gasteiger partial charge in [-0.15, -0.1) is 0 Å². The number of hydrogen-bond donors (Lipinski definition) is 0. The highest BCUT2D eigenvalue weighted by Crippen LogP contribution is 2.30. The van der Waals surface area contributed by atoms with Crippen molar-refractivity contribution in [3.05, 3.63) is 28.2 Å². The molecule has 1 amide bonds. The third-order valence-electron chi connectivity index (χ3n) is 3.62. The van der Waals surface area contributed by atoms with Crippen molar-refractivity contribution < 1.29 is 14.3 Å². The fourth-order valence-electron chi connectivity index (χ4n) is 2.44. The Kier molecular flexibility index (Phi) is 5.67. The van der Waals surface area contributed by atoms with Gasteiger partial charge in [0.25, 0.3) is 0 Å². The molecular weight excluding hydrogens is 327 g/mol. The molecule has 2 rings (SSSR count). The molecule has 1 fully saturated rings. The van der Waals surface area contributed by atoms with Gasteiger partial charge in [0.1, 0.15) is 0 Å². The first-order valence-electron chi connectivity index (χ1n) is 7.10. The van der Waals surface area contributed by atoms with Gasteiger partial charge in [0.2, 0.25) is 5.91 Å². The molecule has 0 spiro atoms. The Hall–Kier alpha value is -1.30. The fourth-order valence-corrected chi connectivity index (χ4v) is 2.95. The van der Waals surface area contributed by atoms with E-state index in [2.05, 4.69) is 0 Å². The van der Waals surface area contributed by atoms with E-state index in [0.717, 1.165) is 0 Å². The van der Waals surface area contributed by atoms with Gasteiger partial charge in [-0.05, 0) is 32.0 Å². The molecule has 5 nitrogen and oxygen atoms in total. The molecule has 22 heavy (non-hydrogen) atoms. The van der Waals surface area contributed by atoms with E-state index in [-0.39, 0.29) is 18.4 Å². The Morgan fingerprint density at radius 2 is 2.09 bits per heavy atom. The Morgan fingerprint density at radius 1 is 1.36 bits per heavy atom. The molecule has 0 aromatic heterocycles. The standard InChI is InChI=1S/C15H18Cl2N2O3/c1-3-22-14(20)9-18-6-7-19(15(21)10(18)2)13-5-4-11(16)8-12(13)17/h4-5,8,10H,3,6-7,9H2,1-2H3/t10-/m1/s1. The Labute approximate surface area is 139 Å². The summed E-state index contributed by atoms with van der Waals surface area (Å²) in [4.78, 5) is 27.6. The average molecular weight is 345 g/mol. The minimum Gasteiger partial charge on any atom is -0.465 e. The first kappa shape index (κ1) is 17.1. The van der Waals surface area contributed by atoms with E-state index in [1.54, 1.807) is 41.8 Å². The van der Waals surface area contributed by atoms with Crippen molar-refractivity contribution in [3.8, 4) is 0 Å². The molecule has 0 bridgehead atoms. The summed E-state index contributed by atoms with van der Waals surface area (Å²) in [6, 6.07) is 4.63. The normalized spacial score (nSPS) is 19.4. The summed E-state index contributed by atoms with van der Waals surface area (Å²) in [6.45, 7) is 5.02. The number of benzene rings is 1. The quantitative estimate of drug-likeness (QED) is 0.787. The number of hydrogen-bond acceptors (Lipinski definition) is 4. The summed E-state index contributed by atoms with van der Waals surface area (Å²) in [7, 11) is 0. The lowest BCUT2D eigenvalue weighted by molar-refractivity contribution is -0.145. The number of carbonyl (C=O) groups excluding carboxylic acids is 2. The monoisotopic (exact) mass is 344 g/mol. The Morgan fingerprint density at radius 3 is 2.73 bits per heavy atom. The maximum absolute atomic E-state index is 12.6. The van der Waals surface area contributed by atoms with Crippen LogP contribution in [0.25, 0.3) is 0 Å². The molecule has 1 aromatic rings. The third-order valence-corrected chi connectivity index (χ3v) is 4.16. The molecule has 1 aromatic carbocycles. The molecule has 7 heteroatoms. The molecule has 1 atom stereocenters. The van der Waals surface area contributed by atoms with Crippen LogP contribution in [0.5, 0.6) is 0 Å². The van der Waals surface area contributed by atoms with Gasteiger partial charge in [-0.2, -0.15) is 0 Å². The molecule has 120 valence electrons. The lowest BCUT2D eigenvalue weighted by Crippen LogP contribution is -2.57. The summed E-state index contributed by atoms with van der Waals surface area (Å²) < 4.78 is 4.93. The molecule has 1 heterocycles. The summed E-state index contributed by atoms with van der Waals surface area (Å²) in [5.74, 6) is -0.417. The minimum atomic E-state index is -0.412. The first-order valence-corrected chi connectivity index (χ1v) is 7.85. The summed E-state index contributed by atoms with van der Waals surface area (Å²) >= 11 is 12.1. The predicted molar refractivity (Wildman–Crippen MR) is 86.5 cm³/mol. The van der Waals surface area contributed by atoms with Crippen LogP contribution in [-0.2, 0) is 14.3 Å². The maximum Gasteiger partial charge on any atom is 0.320 e. The lowest BCUT2D eigenvalue weighted by Gasteiger charge is -2.38. The zero-order chi connectivity index (χ0) is 16.3. The minimum absolute atomic E-state index is 0.0974. The maximum atomic E-state index is 12.6. The van der Waals surface area contributed by atoms with Gasteiger partial charge in [-0.3, -0.25) is 14.5 Å². The van der Waals surface area contributed by atoms with Crippen molar-refractivity contribution >= 4 is 40.8 Å². The second kappa shape index (κ2) is 7.31. The van der Waals surface area contributed by atoms with E-state index >= 15 is 0 Å². The van der Waals surface area contributed by atoms with Crippen LogP contribution >= 0.6 is 23.2 Å². The number of ether oxygens (including phenoxy) is 1. The number of halogens is 2. The van der Waals surface area contributed by atoms with Gasteiger partial charge >= 0.3 is 5.97 Å². The van der Waals surface area contributed by atoms with Crippen LogP contribution in [0.15, 0.2) is 18.2 Å². The van der Waals surface area contributed by atoms with Gasteiger partial charge < -0.3 is 9.64 Å². The Balaban J connectivity index is 2.10. The van der Waals surface area contributed by atoms with Crippen molar-refractivity contribution in [1.29, 1.82) is 0 Å².